The van der Waals surface area contributed by atoms with Gasteiger partial charge in [-0.2, -0.15) is 0 Å². The zero-order valence-electron chi connectivity index (χ0n) is 6.34. The lowest BCUT2D eigenvalue weighted by molar-refractivity contribution is -0.111. The number of carbonyl (C=O) groups is 1. The summed E-state index contributed by atoms with van der Waals surface area (Å²) in [5.74, 6) is 0. The number of hydrogen-bond acceptors (Lipinski definition) is 1. The lowest BCUT2D eigenvalue weighted by Crippen LogP contribution is -1.94. The highest BCUT2D eigenvalue weighted by Crippen LogP contribution is 2.26. The van der Waals surface area contributed by atoms with Gasteiger partial charge in [0.25, 0.3) is 0 Å². The van der Waals surface area contributed by atoms with E-state index in [0.717, 1.165) is 5.56 Å². The molecule has 1 unspecified atom stereocenters. The third kappa shape index (κ3) is 2.95. The Morgan fingerprint density at radius 3 is 2.50 bits per heavy atom. The molecule has 0 saturated carbocycles. The molecule has 1 aromatic rings. The number of carbonyl (C=O) groups excluding carboxylic acids is 1. The van der Waals surface area contributed by atoms with Crippen molar-refractivity contribution in [2.75, 3.05) is 0 Å². The highest BCUT2D eigenvalue weighted by Gasteiger charge is 2.09. The summed E-state index contributed by atoms with van der Waals surface area (Å²) >= 11 is 8.63. The van der Waals surface area contributed by atoms with Crippen LogP contribution in [0, 0.1) is 0 Å². The van der Waals surface area contributed by atoms with E-state index in [-0.39, 0.29) is 10.1 Å². The Labute approximate surface area is 84.9 Å². The van der Waals surface area contributed by atoms with Gasteiger partial charge in [-0.1, -0.05) is 46.3 Å². The minimum absolute atomic E-state index is 0.0312. The summed E-state index contributed by atoms with van der Waals surface area (Å²) in [5.41, 5.74) is 1.08. The first-order valence-corrected chi connectivity index (χ1v) is 4.87. The molecule has 1 nitrogen and oxygen atoms in total. The van der Waals surface area contributed by atoms with E-state index < -0.39 is 0 Å². The second kappa shape index (κ2) is 4.63. The number of alkyl halides is 1. The Bertz CT molecular complexity index is 260. The second-order valence-electron chi connectivity index (χ2n) is 2.44. The van der Waals surface area contributed by atoms with E-state index in [4.69, 9.17) is 11.6 Å². The molecule has 0 saturated heterocycles. The average Bonchev–Trinajstić information content (AvgIpc) is 2.05. The molecule has 0 heterocycles. The van der Waals surface area contributed by atoms with Crippen molar-refractivity contribution < 1.29 is 4.79 Å². The van der Waals surface area contributed by atoms with Crippen molar-refractivity contribution in [3.8, 4) is 0 Å². The van der Waals surface area contributed by atoms with E-state index in [9.17, 15) is 4.79 Å². The monoisotopic (exact) mass is 246 g/mol. The van der Waals surface area contributed by atoms with Crippen LogP contribution in [0.4, 0.5) is 0 Å². The number of benzene rings is 1. The molecule has 3 heteroatoms. The first kappa shape index (κ1) is 9.75. The van der Waals surface area contributed by atoms with Gasteiger partial charge in [-0.25, -0.2) is 0 Å². The normalized spacial score (nSPS) is 12.5. The fourth-order valence-corrected chi connectivity index (χ4v) is 1.86. The van der Waals surface area contributed by atoms with Crippen LogP contribution in [-0.2, 0) is 4.79 Å². The van der Waals surface area contributed by atoms with E-state index >= 15 is 0 Å². The van der Waals surface area contributed by atoms with Gasteiger partial charge < -0.3 is 0 Å². The highest BCUT2D eigenvalue weighted by atomic mass is 79.9. The zero-order chi connectivity index (χ0) is 8.97. The summed E-state index contributed by atoms with van der Waals surface area (Å²) in [5, 5.41) is -0.319. The summed E-state index contributed by atoms with van der Waals surface area (Å²) < 4.78 is 0. The lowest BCUT2D eigenvalue weighted by atomic mass is 10.1. The molecule has 1 atom stereocenters. The maximum atomic E-state index is 10.6. The standard InChI is InChI=1S/C9H8BrClO/c10-8(6-9(11)12)7-4-2-1-3-5-7/h1-5,8H,6H2. The number of rotatable bonds is 3. The van der Waals surface area contributed by atoms with Gasteiger partial charge >= 0.3 is 0 Å². The number of hydrogen-bond donors (Lipinski definition) is 0. The lowest BCUT2D eigenvalue weighted by Gasteiger charge is -2.05. The van der Waals surface area contributed by atoms with Crippen molar-refractivity contribution in [3.63, 3.8) is 0 Å². The highest BCUT2D eigenvalue weighted by molar-refractivity contribution is 9.09. The fraction of sp³-hybridized carbons (Fsp3) is 0.222. The Hall–Kier alpha value is -0.340. The SMILES string of the molecule is O=C(Cl)CC(Br)c1ccccc1. The van der Waals surface area contributed by atoms with Gasteiger partial charge in [0.2, 0.25) is 5.24 Å². The molecule has 1 rings (SSSR count). The molecule has 0 amide bonds. The molecule has 0 aliphatic rings. The Kier molecular flexibility index (Phi) is 3.76. The topological polar surface area (TPSA) is 17.1 Å². The van der Waals surface area contributed by atoms with Crippen LogP contribution < -0.4 is 0 Å². The third-order valence-corrected chi connectivity index (χ3v) is 2.51. The molecule has 0 N–H and O–H groups in total. The molecule has 0 fully saturated rings. The van der Waals surface area contributed by atoms with Gasteiger partial charge in [0, 0.05) is 11.2 Å². The maximum absolute atomic E-state index is 10.6. The van der Waals surface area contributed by atoms with Crippen LogP contribution in [0.2, 0.25) is 0 Å². The second-order valence-corrected chi connectivity index (χ2v) is 3.96. The fourth-order valence-electron chi connectivity index (χ4n) is 0.921. The average molecular weight is 248 g/mol. The molecule has 0 aliphatic carbocycles. The van der Waals surface area contributed by atoms with E-state index in [1.54, 1.807) is 0 Å². The predicted molar refractivity (Wildman–Crippen MR) is 53.6 cm³/mol. The van der Waals surface area contributed by atoms with Crippen molar-refractivity contribution in [1.29, 1.82) is 0 Å². The van der Waals surface area contributed by atoms with Crippen LogP contribution >= 0.6 is 27.5 Å². The summed E-state index contributed by atoms with van der Waals surface area (Å²) in [7, 11) is 0. The van der Waals surface area contributed by atoms with E-state index in [0.29, 0.717) is 6.42 Å². The van der Waals surface area contributed by atoms with Crippen molar-refractivity contribution in [2.45, 2.75) is 11.2 Å². The molecule has 0 aromatic heterocycles. The van der Waals surface area contributed by atoms with Crippen molar-refractivity contribution in [3.05, 3.63) is 35.9 Å². The summed E-state index contributed by atoms with van der Waals surface area (Å²) in [6.45, 7) is 0. The Morgan fingerprint density at radius 1 is 1.42 bits per heavy atom. The first-order valence-electron chi connectivity index (χ1n) is 3.57. The van der Waals surface area contributed by atoms with Crippen LogP contribution in [0.1, 0.15) is 16.8 Å². The molecular weight excluding hydrogens is 239 g/mol. The first-order chi connectivity index (χ1) is 5.70. The van der Waals surface area contributed by atoms with Crippen LogP contribution in [0.25, 0.3) is 0 Å². The molecule has 1 aromatic carbocycles. The Morgan fingerprint density at radius 2 is 2.00 bits per heavy atom. The van der Waals surface area contributed by atoms with Crippen molar-refractivity contribution in [1.82, 2.24) is 0 Å². The van der Waals surface area contributed by atoms with Crippen molar-refractivity contribution in [2.24, 2.45) is 0 Å². The van der Waals surface area contributed by atoms with Crippen molar-refractivity contribution >= 4 is 32.8 Å². The zero-order valence-corrected chi connectivity index (χ0v) is 8.68. The predicted octanol–water partition coefficient (Wildman–Crippen LogP) is 3.28. The van der Waals surface area contributed by atoms with Crippen LogP contribution in [0.3, 0.4) is 0 Å². The molecule has 12 heavy (non-hydrogen) atoms. The van der Waals surface area contributed by atoms with Crippen LogP contribution in [0.5, 0.6) is 0 Å². The molecule has 0 radical (unpaired) electrons. The smallest absolute Gasteiger partial charge is 0.223 e. The molecule has 0 spiro atoms. The minimum Gasteiger partial charge on any atom is -0.281 e. The molecule has 0 bridgehead atoms. The van der Waals surface area contributed by atoms with Gasteiger partial charge in [0.05, 0.1) is 0 Å². The van der Waals surface area contributed by atoms with Gasteiger partial charge in [-0.3, -0.25) is 4.79 Å². The van der Waals surface area contributed by atoms with Gasteiger partial charge in [-0.15, -0.1) is 0 Å². The largest absolute Gasteiger partial charge is 0.281 e. The summed E-state index contributed by atoms with van der Waals surface area (Å²) in [6, 6.07) is 9.72. The molecular formula is C9H8BrClO. The quantitative estimate of drug-likeness (QED) is 0.592. The van der Waals surface area contributed by atoms with Gasteiger partial charge in [0.15, 0.2) is 0 Å². The van der Waals surface area contributed by atoms with E-state index in [2.05, 4.69) is 15.9 Å². The summed E-state index contributed by atoms with van der Waals surface area (Å²) in [6.07, 6.45) is 0.325. The molecule has 0 aliphatic heterocycles. The maximum Gasteiger partial charge on any atom is 0.223 e. The van der Waals surface area contributed by atoms with Gasteiger partial charge in [0.1, 0.15) is 0 Å². The Balaban J connectivity index is 2.65. The van der Waals surface area contributed by atoms with E-state index in [1.165, 1.54) is 0 Å². The van der Waals surface area contributed by atoms with Gasteiger partial charge in [-0.05, 0) is 17.2 Å². The summed E-state index contributed by atoms with van der Waals surface area (Å²) in [4.78, 5) is 10.6. The number of halogens is 2. The minimum atomic E-state index is -0.319. The third-order valence-electron chi connectivity index (χ3n) is 1.50. The van der Waals surface area contributed by atoms with Crippen LogP contribution in [0.15, 0.2) is 30.3 Å². The van der Waals surface area contributed by atoms with Crippen LogP contribution in [-0.4, -0.2) is 5.24 Å². The molecule has 64 valence electrons. The van der Waals surface area contributed by atoms with E-state index in [1.807, 2.05) is 30.3 Å².